The second-order valence-electron chi connectivity index (χ2n) is 4.73. The lowest BCUT2D eigenvalue weighted by Crippen LogP contribution is -2.22. The summed E-state index contributed by atoms with van der Waals surface area (Å²) in [6.07, 6.45) is 1.62. The molecule has 0 saturated heterocycles. The quantitative estimate of drug-likeness (QED) is 0.693. The minimum Gasteiger partial charge on any atom is -0.497 e. The fraction of sp³-hybridized carbons (Fsp3) is 0.357. The summed E-state index contributed by atoms with van der Waals surface area (Å²) in [5.41, 5.74) is 3.19. The monoisotopic (exact) mass is 228 g/mol. The molecule has 1 aromatic carbocycles. The highest BCUT2D eigenvalue weighted by Crippen LogP contribution is 2.47. The second-order valence-corrected chi connectivity index (χ2v) is 4.73. The molecule has 1 heterocycles. The number of hydrogen-bond donors (Lipinski definition) is 0. The molecule has 17 heavy (non-hydrogen) atoms. The summed E-state index contributed by atoms with van der Waals surface area (Å²) in [5, 5.41) is 8.88. The van der Waals surface area contributed by atoms with Gasteiger partial charge >= 0.3 is 0 Å². The Bertz CT molecular complexity index is 524. The normalized spacial score (nSPS) is 19.0. The molecular weight excluding hydrogens is 212 g/mol. The Labute approximate surface area is 102 Å². The third kappa shape index (κ3) is 1.57. The van der Waals surface area contributed by atoms with Gasteiger partial charge in [-0.15, -0.1) is 0 Å². The molecule has 3 heteroatoms. The van der Waals surface area contributed by atoms with Crippen molar-refractivity contribution in [3.05, 3.63) is 35.5 Å². The molecule has 0 aromatic heterocycles. The second kappa shape index (κ2) is 3.81. The Morgan fingerprint density at radius 1 is 1.41 bits per heavy atom. The Balaban J connectivity index is 2.63. The number of ether oxygens (including phenoxy) is 1. The van der Waals surface area contributed by atoms with Crippen LogP contribution in [0.15, 0.2) is 30.0 Å². The van der Waals surface area contributed by atoms with Gasteiger partial charge in [-0.25, -0.2) is 0 Å². The molecule has 0 unspecified atom stereocenters. The van der Waals surface area contributed by atoms with Crippen LogP contribution < -0.4 is 9.64 Å². The molecule has 0 aliphatic carbocycles. The van der Waals surface area contributed by atoms with Gasteiger partial charge in [0.25, 0.3) is 0 Å². The summed E-state index contributed by atoms with van der Waals surface area (Å²) in [7, 11) is 3.66. The third-order valence-corrected chi connectivity index (χ3v) is 3.44. The van der Waals surface area contributed by atoms with Crippen LogP contribution in [0.3, 0.4) is 0 Å². The lowest BCUT2D eigenvalue weighted by atomic mass is 9.84. The summed E-state index contributed by atoms with van der Waals surface area (Å²) >= 11 is 0. The van der Waals surface area contributed by atoms with E-state index in [1.165, 1.54) is 5.56 Å². The SMILES string of the molecule is COc1ccc2c(c1)C(C)(C)C(=CC#N)N2C. The average molecular weight is 228 g/mol. The molecular formula is C14H16N2O. The molecule has 0 fully saturated rings. The minimum absolute atomic E-state index is 0.158. The minimum atomic E-state index is -0.158. The molecule has 1 aliphatic heterocycles. The topological polar surface area (TPSA) is 36.3 Å². The van der Waals surface area contributed by atoms with Crippen molar-refractivity contribution in [1.29, 1.82) is 5.26 Å². The van der Waals surface area contributed by atoms with Crippen LogP contribution in [-0.4, -0.2) is 14.2 Å². The van der Waals surface area contributed by atoms with Gasteiger partial charge in [0, 0.05) is 29.9 Å². The maximum Gasteiger partial charge on any atom is 0.119 e. The molecule has 2 rings (SSSR count). The van der Waals surface area contributed by atoms with Gasteiger partial charge in [-0.1, -0.05) is 13.8 Å². The van der Waals surface area contributed by atoms with E-state index in [9.17, 15) is 0 Å². The molecule has 1 aliphatic rings. The molecule has 0 bridgehead atoms. The van der Waals surface area contributed by atoms with E-state index in [0.717, 1.165) is 17.1 Å². The van der Waals surface area contributed by atoms with Gasteiger partial charge in [0.05, 0.1) is 13.2 Å². The first kappa shape index (κ1) is 11.5. The smallest absolute Gasteiger partial charge is 0.119 e. The zero-order chi connectivity index (χ0) is 12.6. The van der Waals surface area contributed by atoms with E-state index in [1.54, 1.807) is 13.2 Å². The molecule has 0 N–H and O–H groups in total. The van der Waals surface area contributed by atoms with E-state index >= 15 is 0 Å². The zero-order valence-electron chi connectivity index (χ0n) is 10.6. The number of methoxy groups -OCH3 is 1. The summed E-state index contributed by atoms with van der Waals surface area (Å²) in [4.78, 5) is 2.07. The van der Waals surface area contributed by atoms with E-state index < -0.39 is 0 Å². The van der Waals surface area contributed by atoms with Crippen molar-refractivity contribution in [1.82, 2.24) is 0 Å². The molecule has 0 spiro atoms. The highest BCUT2D eigenvalue weighted by molar-refractivity contribution is 5.71. The predicted molar refractivity (Wildman–Crippen MR) is 68.1 cm³/mol. The molecule has 1 aromatic rings. The molecule has 0 saturated carbocycles. The summed E-state index contributed by atoms with van der Waals surface area (Å²) in [6, 6.07) is 8.15. The van der Waals surface area contributed by atoms with Crippen molar-refractivity contribution < 1.29 is 4.74 Å². The molecule has 3 nitrogen and oxygen atoms in total. The Morgan fingerprint density at radius 2 is 2.12 bits per heavy atom. The average Bonchev–Trinajstić information content (AvgIpc) is 2.51. The maximum atomic E-state index is 8.88. The number of anilines is 1. The zero-order valence-corrected chi connectivity index (χ0v) is 10.6. The highest BCUT2D eigenvalue weighted by atomic mass is 16.5. The van der Waals surface area contributed by atoms with Gasteiger partial charge < -0.3 is 9.64 Å². The van der Waals surface area contributed by atoms with Gasteiger partial charge in [-0.2, -0.15) is 5.26 Å². The van der Waals surface area contributed by atoms with Crippen LogP contribution in [-0.2, 0) is 5.41 Å². The van der Waals surface area contributed by atoms with Gasteiger partial charge in [-0.05, 0) is 23.8 Å². The third-order valence-electron chi connectivity index (χ3n) is 3.44. The number of allylic oxidation sites excluding steroid dienone is 2. The fourth-order valence-corrected chi connectivity index (χ4v) is 2.46. The highest BCUT2D eigenvalue weighted by Gasteiger charge is 2.38. The van der Waals surface area contributed by atoms with E-state index in [-0.39, 0.29) is 5.41 Å². The van der Waals surface area contributed by atoms with Crippen molar-refractivity contribution in [2.45, 2.75) is 19.3 Å². The largest absolute Gasteiger partial charge is 0.497 e. The standard InChI is InChI=1S/C14H16N2O/c1-14(2)11-9-10(17-4)5-6-12(11)16(3)13(14)7-8-15/h5-7,9H,1-4H3. The summed E-state index contributed by atoms with van der Waals surface area (Å²) < 4.78 is 5.26. The van der Waals surface area contributed by atoms with Gasteiger partial charge in [0.15, 0.2) is 0 Å². The summed E-state index contributed by atoms with van der Waals surface area (Å²) in [6.45, 7) is 4.25. The number of likely N-dealkylation sites (N-methyl/N-ethyl adjacent to an activating group) is 1. The van der Waals surface area contributed by atoms with Gasteiger partial charge in [0.1, 0.15) is 5.75 Å². The van der Waals surface area contributed by atoms with Crippen LogP contribution in [0.5, 0.6) is 5.75 Å². The van der Waals surface area contributed by atoms with Crippen LogP contribution in [0.25, 0.3) is 0 Å². The number of benzene rings is 1. The Hall–Kier alpha value is -1.95. The number of rotatable bonds is 1. The van der Waals surface area contributed by atoms with Crippen LogP contribution in [0, 0.1) is 11.3 Å². The first-order valence-corrected chi connectivity index (χ1v) is 5.55. The van der Waals surface area contributed by atoms with Crippen molar-refractivity contribution >= 4 is 5.69 Å². The predicted octanol–water partition coefficient (Wildman–Crippen LogP) is 2.83. The van der Waals surface area contributed by atoms with E-state index in [0.29, 0.717) is 0 Å². The lowest BCUT2D eigenvalue weighted by molar-refractivity contribution is 0.413. The van der Waals surface area contributed by atoms with Crippen LogP contribution in [0.2, 0.25) is 0 Å². The number of nitrogens with zero attached hydrogens (tertiary/aromatic N) is 2. The van der Waals surface area contributed by atoms with Crippen LogP contribution in [0.4, 0.5) is 5.69 Å². The molecule has 88 valence electrons. The number of hydrogen-bond acceptors (Lipinski definition) is 3. The van der Waals surface area contributed by atoms with Crippen LogP contribution >= 0.6 is 0 Å². The van der Waals surface area contributed by atoms with Crippen LogP contribution in [0.1, 0.15) is 19.4 Å². The van der Waals surface area contributed by atoms with Gasteiger partial charge in [-0.3, -0.25) is 0 Å². The van der Waals surface area contributed by atoms with E-state index in [2.05, 4.69) is 24.8 Å². The number of fused-ring (bicyclic) bond motifs is 1. The maximum absolute atomic E-state index is 8.88. The van der Waals surface area contributed by atoms with E-state index in [4.69, 9.17) is 10.00 Å². The van der Waals surface area contributed by atoms with Crippen molar-refractivity contribution in [2.24, 2.45) is 0 Å². The molecule has 0 amide bonds. The molecule has 0 radical (unpaired) electrons. The number of nitriles is 1. The fourth-order valence-electron chi connectivity index (χ4n) is 2.46. The van der Waals surface area contributed by atoms with E-state index in [1.807, 2.05) is 25.2 Å². The first-order valence-electron chi connectivity index (χ1n) is 5.55. The first-order chi connectivity index (χ1) is 8.02. The Kier molecular flexibility index (Phi) is 2.59. The van der Waals surface area contributed by atoms with Crippen molar-refractivity contribution in [3.63, 3.8) is 0 Å². The van der Waals surface area contributed by atoms with Crippen molar-refractivity contribution in [2.75, 3.05) is 19.1 Å². The van der Waals surface area contributed by atoms with Crippen molar-refractivity contribution in [3.8, 4) is 11.8 Å². The Morgan fingerprint density at radius 3 is 2.71 bits per heavy atom. The molecule has 0 atom stereocenters. The summed E-state index contributed by atoms with van der Waals surface area (Å²) in [5.74, 6) is 0.850. The van der Waals surface area contributed by atoms with Gasteiger partial charge in [0.2, 0.25) is 0 Å². The lowest BCUT2D eigenvalue weighted by Gasteiger charge is -2.22.